The lowest BCUT2D eigenvalue weighted by Gasteiger charge is -2.19. The number of aliphatic imine (C=N–C) groups is 1. The fourth-order valence-electron chi connectivity index (χ4n) is 2.05. The molecule has 0 saturated carbocycles. The number of hydrogen-bond acceptors (Lipinski definition) is 3. The average molecular weight is 230 g/mol. The Balaban J connectivity index is 1.86. The lowest BCUT2D eigenvalue weighted by atomic mass is 10.2. The molecule has 0 aromatic rings. The Bertz CT molecular complexity index is 243. The highest BCUT2D eigenvalue weighted by Crippen LogP contribution is 2.11. The first-order valence-corrected chi connectivity index (χ1v) is 7.82. The molecule has 1 unspecified atom stereocenters. The summed E-state index contributed by atoms with van der Waals surface area (Å²) < 4.78 is 0. The molecule has 4 heteroatoms. The minimum Gasteiger partial charge on any atom is -0.297 e. The molecule has 0 spiro atoms. The largest absolute Gasteiger partial charge is 0.297 e. The summed E-state index contributed by atoms with van der Waals surface area (Å²) in [6, 6.07) is 0. The van der Waals surface area contributed by atoms with Crippen molar-refractivity contribution < 1.29 is 0 Å². The van der Waals surface area contributed by atoms with Crippen LogP contribution in [-0.4, -0.2) is 41.9 Å². The molecule has 0 aromatic heterocycles. The van der Waals surface area contributed by atoms with Crippen LogP contribution in [0.5, 0.6) is 0 Å². The van der Waals surface area contributed by atoms with Crippen molar-refractivity contribution in [3.05, 3.63) is 0 Å². The van der Waals surface area contributed by atoms with E-state index in [1.54, 1.807) is 0 Å². The lowest BCUT2D eigenvalue weighted by molar-refractivity contribution is 0.326. The van der Waals surface area contributed by atoms with Crippen LogP contribution in [0.2, 0.25) is 0 Å². The van der Waals surface area contributed by atoms with Crippen LogP contribution in [0.4, 0.5) is 0 Å². The first-order chi connectivity index (χ1) is 6.86. The van der Waals surface area contributed by atoms with Gasteiger partial charge in [0.05, 0.1) is 5.04 Å². The van der Waals surface area contributed by atoms with Crippen LogP contribution in [0.15, 0.2) is 4.99 Å². The zero-order valence-electron chi connectivity index (χ0n) is 8.57. The quantitative estimate of drug-likeness (QED) is 0.712. The van der Waals surface area contributed by atoms with E-state index in [1.165, 1.54) is 43.8 Å². The molecular formula is C10H18N2S2. The van der Waals surface area contributed by atoms with Crippen LogP contribution < -0.4 is 0 Å². The molecular weight excluding hydrogens is 212 g/mol. The summed E-state index contributed by atoms with van der Waals surface area (Å²) >= 11 is 5.40. The van der Waals surface area contributed by atoms with Crippen molar-refractivity contribution in [3.8, 4) is 0 Å². The third kappa shape index (κ3) is 2.84. The standard InChI is InChI=1S/C10H18N2S2/c13-14-8-5-11-10(14)9-12-6-3-1-2-4-7-12/h1-9H2. The van der Waals surface area contributed by atoms with E-state index >= 15 is 0 Å². The van der Waals surface area contributed by atoms with Gasteiger partial charge in [-0.15, -0.1) is 0 Å². The van der Waals surface area contributed by atoms with Gasteiger partial charge in [0, 0.05) is 18.8 Å². The molecule has 80 valence electrons. The average Bonchev–Trinajstić information content (AvgIpc) is 2.44. The maximum absolute atomic E-state index is 5.40. The minimum absolute atomic E-state index is 0.0737. The predicted octanol–water partition coefficient (Wildman–Crippen LogP) is 1.35. The normalized spacial score (nSPS) is 30.0. The third-order valence-electron chi connectivity index (χ3n) is 2.89. The molecule has 2 aliphatic heterocycles. The van der Waals surface area contributed by atoms with Gasteiger partial charge in [0.15, 0.2) is 0 Å². The van der Waals surface area contributed by atoms with Crippen LogP contribution in [0.1, 0.15) is 25.7 Å². The van der Waals surface area contributed by atoms with Crippen molar-refractivity contribution in [1.29, 1.82) is 0 Å². The van der Waals surface area contributed by atoms with Crippen molar-refractivity contribution in [1.82, 2.24) is 4.90 Å². The number of nitrogens with zero attached hydrogens (tertiary/aromatic N) is 2. The summed E-state index contributed by atoms with van der Waals surface area (Å²) in [6.45, 7) is 4.56. The van der Waals surface area contributed by atoms with Crippen LogP contribution >= 0.6 is 0 Å². The van der Waals surface area contributed by atoms with Crippen molar-refractivity contribution in [3.63, 3.8) is 0 Å². The van der Waals surface area contributed by atoms with E-state index in [0.29, 0.717) is 0 Å². The molecule has 0 aromatic carbocycles. The first-order valence-electron chi connectivity index (χ1n) is 5.50. The minimum atomic E-state index is 0.0737. The second-order valence-corrected chi connectivity index (χ2v) is 6.79. The van der Waals surface area contributed by atoms with Gasteiger partial charge in [0.25, 0.3) is 0 Å². The van der Waals surface area contributed by atoms with Gasteiger partial charge in [-0.3, -0.25) is 9.89 Å². The highest BCUT2D eigenvalue weighted by atomic mass is 32.8. The highest BCUT2D eigenvalue weighted by molar-refractivity contribution is 8.37. The van der Waals surface area contributed by atoms with E-state index in [1.807, 2.05) is 0 Å². The molecule has 0 aliphatic carbocycles. The monoisotopic (exact) mass is 230 g/mol. The summed E-state index contributed by atoms with van der Waals surface area (Å²) in [6.07, 6.45) is 5.53. The summed E-state index contributed by atoms with van der Waals surface area (Å²) in [7, 11) is 0.0737. The Labute approximate surface area is 93.4 Å². The molecule has 0 amide bonds. The van der Waals surface area contributed by atoms with Crippen molar-refractivity contribution >= 4 is 25.7 Å². The topological polar surface area (TPSA) is 15.6 Å². The molecule has 0 N–H and O–H groups in total. The molecule has 2 heterocycles. The summed E-state index contributed by atoms with van der Waals surface area (Å²) in [4.78, 5) is 7.07. The van der Waals surface area contributed by atoms with E-state index in [2.05, 4.69) is 9.89 Å². The predicted molar refractivity (Wildman–Crippen MR) is 66.8 cm³/mol. The number of hydrogen-bond donors (Lipinski definition) is 0. The molecule has 1 fully saturated rings. The third-order valence-corrected chi connectivity index (χ3v) is 5.30. The second kappa shape index (κ2) is 5.33. The Morgan fingerprint density at radius 1 is 1.21 bits per heavy atom. The Kier molecular flexibility index (Phi) is 4.08. The molecule has 14 heavy (non-hydrogen) atoms. The van der Waals surface area contributed by atoms with Gasteiger partial charge < -0.3 is 0 Å². The molecule has 0 radical (unpaired) electrons. The molecule has 2 aliphatic rings. The Morgan fingerprint density at radius 3 is 2.50 bits per heavy atom. The number of rotatable bonds is 2. The van der Waals surface area contributed by atoms with E-state index in [4.69, 9.17) is 11.2 Å². The van der Waals surface area contributed by atoms with Crippen LogP contribution in [0, 0.1) is 0 Å². The van der Waals surface area contributed by atoms with E-state index in [-0.39, 0.29) is 9.45 Å². The van der Waals surface area contributed by atoms with E-state index in [0.717, 1.165) is 18.8 Å². The van der Waals surface area contributed by atoms with Crippen LogP contribution in [0.25, 0.3) is 0 Å². The van der Waals surface area contributed by atoms with Crippen LogP contribution in [-0.2, 0) is 20.6 Å². The Hall–Kier alpha value is 0.200. The van der Waals surface area contributed by atoms with Gasteiger partial charge in [-0.2, -0.15) is 0 Å². The van der Waals surface area contributed by atoms with Gasteiger partial charge >= 0.3 is 0 Å². The fourth-order valence-corrected chi connectivity index (χ4v) is 3.65. The van der Waals surface area contributed by atoms with Gasteiger partial charge in [0.2, 0.25) is 0 Å². The van der Waals surface area contributed by atoms with Crippen molar-refractivity contribution in [2.45, 2.75) is 25.7 Å². The van der Waals surface area contributed by atoms with Crippen LogP contribution in [0.3, 0.4) is 0 Å². The fraction of sp³-hybridized carbons (Fsp3) is 0.900. The van der Waals surface area contributed by atoms with Gasteiger partial charge in [0.1, 0.15) is 0 Å². The molecule has 0 bridgehead atoms. The summed E-state index contributed by atoms with van der Waals surface area (Å²) in [5, 5.41) is 1.31. The highest BCUT2D eigenvalue weighted by Gasteiger charge is 2.16. The maximum atomic E-state index is 5.40. The molecule has 2 rings (SSSR count). The maximum Gasteiger partial charge on any atom is 0.0860 e. The number of likely N-dealkylation sites (tertiary alicyclic amines) is 1. The van der Waals surface area contributed by atoms with Gasteiger partial charge in [-0.25, -0.2) is 0 Å². The SMILES string of the molecule is S=S1CCN=C1CN1CCCCCC1. The lowest BCUT2D eigenvalue weighted by Crippen LogP contribution is -2.31. The molecule has 2 nitrogen and oxygen atoms in total. The van der Waals surface area contributed by atoms with E-state index < -0.39 is 0 Å². The van der Waals surface area contributed by atoms with Gasteiger partial charge in [-0.1, -0.05) is 22.3 Å². The molecule has 1 atom stereocenters. The second-order valence-electron chi connectivity index (χ2n) is 4.02. The summed E-state index contributed by atoms with van der Waals surface area (Å²) in [5.41, 5.74) is 0. The smallest absolute Gasteiger partial charge is 0.0860 e. The first kappa shape index (κ1) is 10.7. The molecule has 1 saturated heterocycles. The van der Waals surface area contributed by atoms with Crippen molar-refractivity contribution in [2.24, 2.45) is 4.99 Å². The van der Waals surface area contributed by atoms with Crippen molar-refractivity contribution in [2.75, 3.05) is 31.9 Å². The zero-order chi connectivity index (χ0) is 9.80. The zero-order valence-corrected chi connectivity index (χ0v) is 10.2. The van der Waals surface area contributed by atoms with E-state index in [9.17, 15) is 0 Å². The van der Waals surface area contributed by atoms with Gasteiger partial charge in [-0.05, 0) is 37.1 Å². The Morgan fingerprint density at radius 2 is 1.93 bits per heavy atom. The summed E-state index contributed by atoms with van der Waals surface area (Å²) in [5.74, 6) is 1.12.